The van der Waals surface area contributed by atoms with Crippen molar-refractivity contribution >= 4 is 16.9 Å². The highest BCUT2D eigenvalue weighted by atomic mass is 16.5. The van der Waals surface area contributed by atoms with E-state index in [1.54, 1.807) is 10.7 Å². The molecule has 0 spiro atoms. The van der Waals surface area contributed by atoms with Crippen molar-refractivity contribution in [3.05, 3.63) is 23.8 Å². The molecule has 2 aromatic rings. The molecule has 1 amide bonds. The predicted molar refractivity (Wildman–Crippen MR) is 93.4 cm³/mol. The van der Waals surface area contributed by atoms with Crippen LogP contribution in [0, 0.1) is 0 Å². The highest BCUT2D eigenvalue weighted by Crippen LogP contribution is 2.15. The maximum absolute atomic E-state index is 12.7. The number of hydrogen-bond donors (Lipinski definition) is 1. The number of nitrogens with zero attached hydrogens (tertiary/aromatic N) is 5. The molecule has 8 heteroatoms. The van der Waals surface area contributed by atoms with Gasteiger partial charge in [-0.25, -0.2) is 4.68 Å². The van der Waals surface area contributed by atoms with Crippen LogP contribution >= 0.6 is 0 Å². The summed E-state index contributed by atoms with van der Waals surface area (Å²) in [5.74, 6) is 0.0158. The lowest BCUT2D eigenvalue weighted by molar-refractivity contribution is 0.0111. The lowest BCUT2D eigenvalue weighted by atomic mass is 10.1. The van der Waals surface area contributed by atoms with Crippen LogP contribution in [0.2, 0.25) is 0 Å². The van der Waals surface area contributed by atoms with Crippen LogP contribution in [0.4, 0.5) is 0 Å². The molecule has 0 bridgehead atoms. The van der Waals surface area contributed by atoms with Crippen LogP contribution in [0.15, 0.2) is 18.2 Å². The van der Waals surface area contributed by atoms with Gasteiger partial charge in [0.1, 0.15) is 5.52 Å². The van der Waals surface area contributed by atoms with Gasteiger partial charge in [0.2, 0.25) is 0 Å². The number of aromatic nitrogens is 3. The molecule has 0 saturated carbocycles. The molecule has 1 aliphatic rings. The Morgan fingerprint density at radius 2 is 2.08 bits per heavy atom. The SMILES string of the molecule is CCOC[C@H](O)CN1CCN(C(=O)c2ccc3c(c2)nnn3C)CC1. The van der Waals surface area contributed by atoms with Crippen molar-refractivity contribution in [2.45, 2.75) is 13.0 Å². The lowest BCUT2D eigenvalue weighted by Crippen LogP contribution is -2.50. The summed E-state index contributed by atoms with van der Waals surface area (Å²) in [4.78, 5) is 16.7. The van der Waals surface area contributed by atoms with Gasteiger partial charge in [-0.05, 0) is 25.1 Å². The number of fused-ring (bicyclic) bond motifs is 1. The third-order valence-corrected chi connectivity index (χ3v) is 4.50. The standard InChI is InChI=1S/C17H25N5O3/c1-3-25-12-14(23)11-21-6-8-22(9-7-21)17(24)13-4-5-16-15(10-13)18-19-20(16)2/h4-5,10,14,23H,3,6-9,11-12H2,1-2H3/t14-/m1/s1. The molecule has 0 unspecified atom stereocenters. The van der Waals surface area contributed by atoms with Gasteiger partial charge in [-0.15, -0.1) is 5.10 Å². The zero-order valence-corrected chi connectivity index (χ0v) is 14.8. The molecule has 1 atom stereocenters. The average molecular weight is 347 g/mol. The van der Waals surface area contributed by atoms with Gasteiger partial charge in [0, 0.05) is 51.9 Å². The molecule has 1 N–H and O–H groups in total. The number of aliphatic hydroxyl groups excluding tert-OH is 1. The second-order valence-electron chi connectivity index (χ2n) is 6.32. The molecule has 2 heterocycles. The third-order valence-electron chi connectivity index (χ3n) is 4.50. The highest BCUT2D eigenvalue weighted by molar-refractivity contribution is 5.97. The van der Waals surface area contributed by atoms with Crippen molar-refractivity contribution in [3.63, 3.8) is 0 Å². The molecule has 0 radical (unpaired) electrons. The summed E-state index contributed by atoms with van der Waals surface area (Å²) in [6.45, 7) is 6.26. The molecule has 0 aliphatic carbocycles. The Kier molecular flexibility index (Phi) is 5.62. The summed E-state index contributed by atoms with van der Waals surface area (Å²) < 4.78 is 6.93. The Labute approximate surface area is 147 Å². The topological polar surface area (TPSA) is 83.7 Å². The number of amides is 1. The number of ether oxygens (including phenoxy) is 1. The van der Waals surface area contributed by atoms with Crippen LogP contribution in [-0.4, -0.2) is 87.8 Å². The third kappa shape index (κ3) is 4.15. The van der Waals surface area contributed by atoms with E-state index in [1.807, 2.05) is 31.0 Å². The monoisotopic (exact) mass is 347 g/mol. The maximum atomic E-state index is 12.7. The second-order valence-corrected chi connectivity index (χ2v) is 6.32. The lowest BCUT2D eigenvalue weighted by Gasteiger charge is -2.35. The number of β-amino-alcohol motifs (C(OH)–C–C–N with tert-alkyl or cyclic N) is 1. The smallest absolute Gasteiger partial charge is 0.254 e. The molecule has 25 heavy (non-hydrogen) atoms. The molecule has 136 valence electrons. The zero-order chi connectivity index (χ0) is 17.8. The van der Waals surface area contributed by atoms with Crippen molar-refractivity contribution in [1.29, 1.82) is 0 Å². The van der Waals surface area contributed by atoms with E-state index >= 15 is 0 Å². The first-order valence-corrected chi connectivity index (χ1v) is 8.65. The van der Waals surface area contributed by atoms with E-state index in [2.05, 4.69) is 15.2 Å². The Bertz CT molecular complexity index is 724. The summed E-state index contributed by atoms with van der Waals surface area (Å²) in [5.41, 5.74) is 2.27. The minimum atomic E-state index is -0.485. The first-order chi connectivity index (χ1) is 12.1. The molecule has 1 saturated heterocycles. The molecule has 1 fully saturated rings. The number of hydrogen-bond acceptors (Lipinski definition) is 6. The number of rotatable bonds is 6. The Morgan fingerprint density at radius 3 is 2.80 bits per heavy atom. The summed E-state index contributed by atoms with van der Waals surface area (Å²) in [6, 6.07) is 5.50. The fraction of sp³-hybridized carbons (Fsp3) is 0.588. The van der Waals surface area contributed by atoms with Gasteiger partial charge >= 0.3 is 0 Å². The van der Waals surface area contributed by atoms with E-state index in [0.29, 0.717) is 38.4 Å². The summed E-state index contributed by atoms with van der Waals surface area (Å²) >= 11 is 0. The van der Waals surface area contributed by atoms with E-state index in [0.717, 1.165) is 24.1 Å². The van der Waals surface area contributed by atoms with Gasteiger partial charge in [0.25, 0.3) is 5.91 Å². The normalized spacial score (nSPS) is 17.2. The molecule has 8 nitrogen and oxygen atoms in total. The van der Waals surface area contributed by atoms with Crippen molar-refractivity contribution in [2.24, 2.45) is 7.05 Å². The summed E-state index contributed by atoms with van der Waals surface area (Å²) in [5, 5.41) is 18.0. The van der Waals surface area contributed by atoms with Gasteiger partial charge in [0.05, 0.1) is 18.2 Å². The van der Waals surface area contributed by atoms with Crippen molar-refractivity contribution < 1.29 is 14.6 Å². The molecular formula is C17H25N5O3. The predicted octanol–water partition coefficient (Wildman–Crippen LogP) is 0.124. The van der Waals surface area contributed by atoms with Crippen LogP contribution in [0.5, 0.6) is 0 Å². The van der Waals surface area contributed by atoms with Gasteiger partial charge in [-0.3, -0.25) is 9.69 Å². The van der Waals surface area contributed by atoms with E-state index in [4.69, 9.17) is 4.74 Å². The number of piperazine rings is 1. The Morgan fingerprint density at radius 1 is 1.32 bits per heavy atom. The fourth-order valence-corrected chi connectivity index (χ4v) is 3.09. The first kappa shape index (κ1) is 17.8. The number of aliphatic hydroxyl groups is 1. The first-order valence-electron chi connectivity index (χ1n) is 8.65. The maximum Gasteiger partial charge on any atom is 0.254 e. The van der Waals surface area contributed by atoms with Crippen LogP contribution in [0.3, 0.4) is 0 Å². The molecule has 1 aliphatic heterocycles. The fourth-order valence-electron chi connectivity index (χ4n) is 3.09. The second kappa shape index (κ2) is 7.90. The van der Waals surface area contributed by atoms with E-state index < -0.39 is 6.10 Å². The summed E-state index contributed by atoms with van der Waals surface area (Å²) in [7, 11) is 1.83. The van der Waals surface area contributed by atoms with Crippen molar-refractivity contribution in [2.75, 3.05) is 45.9 Å². The Hall–Kier alpha value is -2.03. The van der Waals surface area contributed by atoms with Crippen LogP contribution in [-0.2, 0) is 11.8 Å². The van der Waals surface area contributed by atoms with Gasteiger partial charge in [-0.1, -0.05) is 5.21 Å². The molecule has 3 rings (SSSR count). The average Bonchev–Trinajstić information content (AvgIpc) is 3.00. The quantitative estimate of drug-likeness (QED) is 0.799. The van der Waals surface area contributed by atoms with E-state index in [9.17, 15) is 9.90 Å². The number of benzene rings is 1. The zero-order valence-electron chi connectivity index (χ0n) is 14.8. The Balaban J connectivity index is 1.55. The number of carbonyl (C=O) groups is 1. The van der Waals surface area contributed by atoms with E-state index in [-0.39, 0.29) is 5.91 Å². The summed E-state index contributed by atoms with van der Waals surface area (Å²) in [6.07, 6.45) is -0.485. The molecule has 1 aromatic carbocycles. The van der Waals surface area contributed by atoms with E-state index in [1.165, 1.54) is 0 Å². The number of carbonyl (C=O) groups excluding carboxylic acids is 1. The van der Waals surface area contributed by atoms with Crippen molar-refractivity contribution in [1.82, 2.24) is 24.8 Å². The van der Waals surface area contributed by atoms with Gasteiger partial charge < -0.3 is 14.7 Å². The number of aryl methyl sites for hydroxylation is 1. The largest absolute Gasteiger partial charge is 0.389 e. The van der Waals surface area contributed by atoms with Crippen LogP contribution in [0.1, 0.15) is 17.3 Å². The van der Waals surface area contributed by atoms with Crippen LogP contribution < -0.4 is 0 Å². The van der Waals surface area contributed by atoms with Crippen LogP contribution in [0.25, 0.3) is 11.0 Å². The molecule has 1 aromatic heterocycles. The minimum Gasteiger partial charge on any atom is -0.389 e. The minimum absolute atomic E-state index is 0.0158. The highest BCUT2D eigenvalue weighted by Gasteiger charge is 2.23. The van der Waals surface area contributed by atoms with Crippen molar-refractivity contribution in [3.8, 4) is 0 Å². The molecular weight excluding hydrogens is 322 g/mol. The van der Waals surface area contributed by atoms with Gasteiger partial charge in [0.15, 0.2) is 0 Å². The van der Waals surface area contributed by atoms with Gasteiger partial charge in [-0.2, -0.15) is 0 Å².